The quantitative estimate of drug-likeness (QED) is 0.844. The van der Waals surface area contributed by atoms with Crippen LogP contribution < -0.4 is 11.1 Å². The van der Waals surface area contributed by atoms with E-state index in [-0.39, 0.29) is 23.5 Å². The number of rotatable bonds is 3. The Morgan fingerprint density at radius 3 is 2.89 bits per heavy atom. The van der Waals surface area contributed by atoms with Gasteiger partial charge in [-0.2, -0.15) is 0 Å². The lowest BCUT2D eigenvalue weighted by Crippen LogP contribution is -2.61. The van der Waals surface area contributed by atoms with Crippen molar-refractivity contribution in [3.05, 3.63) is 24.0 Å². The van der Waals surface area contributed by atoms with Crippen LogP contribution in [0.3, 0.4) is 0 Å². The number of anilines is 1. The maximum atomic E-state index is 12.1. The Morgan fingerprint density at radius 2 is 2.33 bits per heavy atom. The first-order chi connectivity index (χ1) is 8.46. The molecule has 0 bridgehead atoms. The van der Waals surface area contributed by atoms with Gasteiger partial charge in [0.25, 0.3) is 5.91 Å². The van der Waals surface area contributed by atoms with Gasteiger partial charge in [-0.3, -0.25) is 9.78 Å². The van der Waals surface area contributed by atoms with E-state index in [0.29, 0.717) is 11.3 Å². The van der Waals surface area contributed by atoms with E-state index >= 15 is 0 Å². The largest absolute Gasteiger partial charge is 0.398 e. The highest BCUT2D eigenvalue weighted by molar-refractivity contribution is 5.98. The average Bonchev–Trinajstić information content (AvgIpc) is 2.34. The SMILES string of the molecule is COC1CC(NC(=O)c2cnccc2N)C1(C)C. The highest BCUT2D eigenvalue weighted by Gasteiger charge is 2.49. The van der Waals surface area contributed by atoms with Gasteiger partial charge in [-0.25, -0.2) is 0 Å². The van der Waals surface area contributed by atoms with Gasteiger partial charge in [0, 0.05) is 36.6 Å². The molecular formula is C13H19N3O2. The summed E-state index contributed by atoms with van der Waals surface area (Å²) in [5.74, 6) is -0.173. The first-order valence-corrected chi connectivity index (χ1v) is 6.00. The van der Waals surface area contributed by atoms with E-state index in [1.54, 1.807) is 19.4 Å². The number of amides is 1. The molecule has 2 atom stereocenters. The number of pyridine rings is 1. The summed E-state index contributed by atoms with van der Waals surface area (Å²) in [4.78, 5) is 16.0. The number of hydrogen-bond donors (Lipinski definition) is 2. The lowest BCUT2D eigenvalue weighted by Gasteiger charge is -2.51. The van der Waals surface area contributed by atoms with E-state index in [1.165, 1.54) is 6.20 Å². The fraction of sp³-hybridized carbons (Fsp3) is 0.538. The molecule has 2 unspecified atom stereocenters. The second kappa shape index (κ2) is 4.57. The number of ether oxygens (including phenoxy) is 1. The zero-order valence-corrected chi connectivity index (χ0v) is 10.9. The minimum Gasteiger partial charge on any atom is -0.398 e. The van der Waals surface area contributed by atoms with Crippen LogP contribution in [0.15, 0.2) is 18.5 Å². The van der Waals surface area contributed by atoms with E-state index in [2.05, 4.69) is 24.1 Å². The molecule has 1 aromatic rings. The Kier molecular flexibility index (Phi) is 3.26. The molecule has 3 N–H and O–H groups in total. The van der Waals surface area contributed by atoms with Gasteiger partial charge < -0.3 is 15.8 Å². The van der Waals surface area contributed by atoms with E-state index in [0.717, 1.165) is 6.42 Å². The fourth-order valence-electron chi connectivity index (χ4n) is 2.36. The summed E-state index contributed by atoms with van der Waals surface area (Å²) in [5, 5.41) is 2.99. The normalized spacial score (nSPS) is 25.3. The van der Waals surface area contributed by atoms with Crippen molar-refractivity contribution in [2.75, 3.05) is 12.8 Å². The summed E-state index contributed by atoms with van der Waals surface area (Å²) in [6, 6.07) is 1.73. The van der Waals surface area contributed by atoms with Crippen molar-refractivity contribution in [3.63, 3.8) is 0 Å². The van der Waals surface area contributed by atoms with Gasteiger partial charge in [-0.1, -0.05) is 13.8 Å². The van der Waals surface area contributed by atoms with E-state index in [1.807, 2.05) is 0 Å². The van der Waals surface area contributed by atoms with Gasteiger partial charge >= 0.3 is 0 Å². The summed E-state index contributed by atoms with van der Waals surface area (Å²) in [7, 11) is 1.70. The Hall–Kier alpha value is -1.62. The number of hydrogen-bond acceptors (Lipinski definition) is 4. The van der Waals surface area contributed by atoms with Crippen molar-refractivity contribution in [3.8, 4) is 0 Å². The van der Waals surface area contributed by atoms with Crippen molar-refractivity contribution in [2.45, 2.75) is 32.4 Å². The van der Waals surface area contributed by atoms with Gasteiger partial charge in [-0.05, 0) is 12.5 Å². The Labute approximate surface area is 107 Å². The van der Waals surface area contributed by atoms with Crippen molar-refractivity contribution in [1.82, 2.24) is 10.3 Å². The Balaban J connectivity index is 2.04. The number of carbonyl (C=O) groups is 1. The van der Waals surface area contributed by atoms with Gasteiger partial charge in [0.15, 0.2) is 0 Å². The minimum absolute atomic E-state index is 0.0542. The van der Waals surface area contributed by atoms with Crippen molar-refractivity contribution < 1.29 is 9.53 Å². The summed E-state index contributed by atoms with van der Waals surface area (Å²) in [6.45, 7) is 4.17. The first kappa shape index (κ1) is 12.8. The molecule has 98 valence electrons. The number of methoxy groups -OCH3 is 1. The zero-order valence-electron chi connectivity index (χ0n) is 10.9. The van der Waals surface area contributed by atoms with Gasteiger partial charge in [0.05, 0.1) is 11.7 Å². The van der Waals surface area contributed by atoms with Gasteiger partial charge in [0.1, 0.15) is 0 Å². The topological polar surface area (TPSA) is 77.2 Å². The van der Waals surface area contributed by atoms with Crippen LogP contribution in [0.4, 0.5) is 5.69 Å². The van der Waals surface area contributed by atoms with Crippen LogP contribution in [0, 0.1) is 5.41 Å². The standard InChI is InChI=1S/C13H19N3O2/c1-13(2)10(6-11(13)18-3)16-12(17)8-7-15-5-4-9(8)14/h4-5,7,10-11H,6H2,1-3H3,(H2,14,15)(H,16,17). The van der Waals surface area contributed by atoms with E-state index < -0.39 is 0 Å². The highest BCUT2D eigenvalue weighted by atomic mass is 16.5. The summed E-state index contributed by atoms with van der Waals surface area (Å²) < 4.78 is 5.35. The molecule has 1 aliphatic carbocycles. The number of nitrogens with one attached hydrogen (secondary N) is 1. The number of nitrogen functional groups attached to an aromatic ring is 1. The van der Waals surface area contributed by atoms with Crippen LogP contribution in [-0.4, -0.2) is 30.1 Å². The average molecular weight is 249 g/mol. The van der Waals surface area contributed by atoms with Gasteiger partial charge in [-0.15, -0.1) is 0 Å². The maximum absolute atomic E-state index is 12.1. The molecule has 0 spiro atoms. The third-order valence-corrected chi connectivity index (χ3v) is 3.87. The molecule has 1 aliphatic rings. The number of nitrogens with two attached hydrogens (primary N) is 1. The van der Waals surface area contributed by atoms with E-state index in [4.69, 9.17) is 10.5 Å². The second-order valence-electron chi connectivity index (χ2n) is 5.27. The molecule has 1 saturated carbocycles. The number of nitrogens with zero attached hydrogens (tertiary/aromatic N) is 1. The molecule has 0 radical (unpaired) electrons. The fourth-order valence-corrected chi connectivity index (χ4v) is 2.36. The molecule has 5 heteroatoms. The second-order valence-corrected chi connectivity index (χ2v) is 5.27. The molecule has 1 amide bonds. The Bertz CT molecular complexity index is 459. The predicted octanol–water partition coefficient (Wildman–Crippen LogP) is 1.21. The molecule has 0 aromatic carbocycles. The first-order valence-electron chi connectivity index (χ1n) is 6.00. The smallest absolute Gasteiger partial charge is 0.255 e. The molecule has 1 heterocycles. The van der Waals surface area contributed by atoms with Crippen LogP contribution in [-0.2, 0) is 4.74 Å². The van der Waals surface area contributed by atoms with Crippen LogP contribution in [0.1, 0.15) is 30.6 Å². The van der Waals surface area contributed by atoms with E-state index in [9.17, 15) is 4.79 Å². The van der Waals surface area contributed by atoms with Crippen molar-refractivity contribution >= 4 is 11.6 Å². The summed E-state index contributed by atoms with van der Waals surface area (Å²) in [6.07, 6.45) is 4.08. The summed E-state index contributed by atoms with van der Waals surface area (Å²) >= 11 is 0. The molecular weight excluding hydrogens is 230 g/mol. The maximum Gasteiger partial charge on any atom is 0.255 e. The minimum atomic E-state index is -0.173. The zero-order chi connectivity index (χ0) is 13.3. The number of carbonyl (C=O) groups excluding carboxylic acids is 1. The Morgan fingerprint density at radius 1 is 1.61 bits per heavy atom. The van der Waals surface area contributed by atoms with Crippen LogP contribution in [0.2, 0.25) is 0 Å². The number of aromatic nitrogens is 1. The van der Waals surface area contributed by atoms with Gasteiger partial charge in [0.2, 0.25) is 0 Å². The lowest BCUT2D eigenvalue weighted by atomic mass is 9.64. The monoisotopic (exact) mass is 249 g/mol. The molecule has 0 saturated heterocycles. The van der Waals surface area contributed by atoms with Crippen LogP contribution in [0.25, 0.3) is 0 Å². The molecule has 18 heavy (non-hydrogen) atoms. The predicted molar refractivity (Wildman–Crippen MR) is 69.1 cm³/mol. The highest BCUT2D eigenvalue weighted by Crippen LogP contribution is 2.42. The van der Waals surface area contributed by atoms with Crippen LogP contribution in [0.5, 0.6) is 0 Å². The molecule has 1 aromatic heterocycles. The lowest BCUT2D eigenvalue weighted by molar-refractivity contribution is -0.0942. The molecule has 5 nitrogen and oxygen atoms in total. The third-order valence-electron chi connectivity index (χ3n) is 3.87. The molecule has 0 aliphatic heterocycles. The summed E-state index contributed by atoms with van der Waals surface area (Å²) in [5.41, 5.74) is 6.57. The third kappa shape index (κ3) is 2.06. The van der Waals surface area contributed by atoms with Crippen molar-refractivity contribution in [2.24, 2.45) is 5.41 Å². The van der Waals surface area contributed by atoms with Crippen LogP contribution >= 0.6 is 0 Å². The van der Waals surface area contributed by atoms with Crippen molar-refractivity contribution in [1.29, 1.82) is 0 Å². The molecule has 2 rings (SSSR count). The molecule has 1 fully saturated rings.